The van der Waals surface area contributed by atoms with Crippen molar-refractivity contribution in [2.45, 2.75) is 77.5 Å². The summed E-state index contributed by atoms with van der Waals surface area (Å²) < 4.78 is 1.26. The normalized spacial score (nSPS) is 23.8. The maximum absolute atomic E-state index is 13.0. The molecule has 0 bridgehead atoms. The van der Waals surface area contributed by atoms with Crippen LogP contribution in [0.3, 0.4) is 0 Å². The van der Waals surface area contributed by atoms with Crippen molar-refractivity contribution >= 4 is 11.7 Å². The predicted molar refractivity (Wildman–Crippen MR) is 107 cm³/mol. The number of amidine groups is 2. The minimum absolute atomic E-state index is 0. The van der Waals surface area contributed by atoms with Crippen LogP contribution in [0, 0.1) is 15.6 Å². The third kappa shape index (κ3) is 2.94. The van der Waals surface area contributed by atoms with E-state index in [0.717, 1.165) is 5.06 Å². The van der Waals surface area contributed by atoms with Gasteiger partial charge in [-0.3, -0.25) is 14.5 Å². The van der Waals surface area contributed by atoms with Crippen molar-refractivity contribution in [2.75, 3.05) is 0 Å². The van der Waals surface area contributed by atoms with Crippen molar-refractivity contribution in [3.05, 3.63) is 44.9 Å². The number of hydroxylamine groups is 6. The third-order valence-electron chi connectivity index (χ3n) is 7.25. The molecule has 30 heavy (non-hydrogen) atoms. The number of hydrogen-bond acceptors (Lipinski definition) is 7. The number of benzene rings is 1. The second kappa shape index (κ2) is 7.00. The quantitative estimate of drug-likeness (QED) is 0.361. The van der Waals surface area contributed by atoms with Gasteiger partial charge in [0.2, 0.25) is 0 Å². The van der Waals surface area contributed by atoms with Crippen LogP contribution >= 0.6 is 0 Å². The van der Waals surface area contributed by atoms with Crippen molar-refractivity contribution in [1.82, 2.24) is 10.1 Å². The van der Waals surface area contributed by atoms with Gasteiger partial charge in [-0.1, -0.05) is 12.1 Å². The summed E-state index contributed by atoms with van der Waals surface area (Å²) in [6.45, 7) is 13.4. The molecule has 9 nitrogen and oxygen atoms in total. The second-order valence-electron chi connectivity index (χ2n) is 9.82. The van der Waals surface area contributed by atoms with Gasteiger partial charge >= 0.3 is 35.4 Å². The van der Waals surface area contributed by atoms with E-state index in [1.165, 1.54) is 18.2 Å². The van der Waals surface area contributed by atoms with Crippen LogP contribution in [0.2, 0.25) is 0 Å². The molecule has 0 spiro atoms. The Hall–Kier alpha value is -1.52. The summed E-state index contributed by atoms with van der Waals surface area (Å²) in [5.41, 5.74) is -3.77. The van der Waals surface area contributed by atoms with Gasteiger partial charge < -0.3 is 20.7 Å². The van der Waals surface area contributed by atoms with E-state index >= 15 is 0 Å². The van der Waals surface area contributed by atoms with E-state index in [2.05, 4.69) is 0 Å². The molecule has 0 unspecified atom stereocenters. The first-order valence-electron chi connectivity index (χ1n) is 9.47. The predicted octanol–water partition coefficient (Wildman–Crippen LogP) is -1.09. The van der Waals surface area contributed by atoms with Crippen LogP contribution in [0.25, 0.3) is 0 Å². The molecule has 0 amide bonds. The molecule has 2 aliphatic rings. The monoisotopic (exact) mass is 427 g/mol. The van der Waals surface area contributed by atoms with Crippen LogP contribution in [-0.4, -0.2) is 58.6 Å². The van der Waals surface area contributed by atoms with Crippen molar-refractivity contribution < 1.29 is 49.3 Å². The SMILES string of the molecule is CC1(C)N([O-])C(c2cc([O-])cc(C3=[N+]([O-])C(C)(C)C(C)(C)N3O)c2)=[N+]([O-])C1(C)C.[Na+]. The van der Waals surface area contributed by atoms with Crippen molar-refractivity contribution in [3.63, 3.8) is 0 Å². The second-order valence-corrected chi connectivity index (χ2v) is 9.82. The van der Waals surface area contributed by atoms with Crippen molar-refractivity contribution in [2.24, 2.45) is 0 Å². The molecule has 2 aliphatic heterocycles. The summed E-state index contributed by atoms with van der Waals surface area (Å²) in [7, 11) is 0. The molecule has 0 atom stereocenters. The molecule has 0 saturated heterocycles. The summed E-state index contributed by atoms with van der Waals surface area (Å²) in [6, 6.07) is 3.82. The standard InChI is InChI=1S/C20H29N4O5.Na/c1-17(2)18(3,4)22(27)15(21(17)26)12-9-13(11-14(25)10-12)16-23(28)19(5,6)20(7,8)24(16)29;/h9-11,25-26H,1-8H3;/q-1;+1/p-1. The average molecular weight is 427 g/mol. The van der Waals surface area contributed by atoms with Gasteiger partial charge in [0.25, 0.3) is 5.84 Å². The van der Waals surface area contributed by atoms with Gasteiger partial charge in [-0.15, -0.1) is 10.8 Å². The zero-order chi connectivity index (χ0) is 22.3. The van der Waals surface area contributed by atoms with E-state index in [-0.39, 0.29) is 52.4 Å². The molecule has 0 radical (unpaired) electrons. The molecule has 0 fully saturated rings. The van der Waals surface area contributed by atoms with Gasteiger partial charge in [-0.25, -0.2) is 5.21 Å². The fourth-order valence-corrected chi connectivity index (χ4v) is 3.56. The minimum atomic E-state index is -1.04. The molecule has 3 rings (SSSR count). The van der Waals surface area contributed by atoms with E-state index < -0.39 is 27.9 Å². The largest absolute Gasteiger partial charge is 1.00 e. The Labute approximate surface area is 198 Å². The van der Waals surface area contributed by atoms with E-state index in [4.69, 9.17) is 0 Å². The Morgan fingerprint density at radius 2 is 1.17 bits per heavy atom. The zero-order valence-corrected chi connectivity index (χ0v) is 21.1. The summed E-state index contributed by atoms with van der Waals surface area (Å²) in [5, 5.41) is 63.4. The van der Waals surface area contributed by atoms with Gasteiger partial charge in [0, 0.05) is 0 Å². The number of nitrogens with zero attached hydrogens (tertiary/aromatic N) is 4. The van der Waals surface area contributed by atoms with Crippen molar-refractivity contribution in [1.29, 1.82) is 0 Å². The molecule has 1 aromatic carbocycles. The number of rotatable bonds is 2. The first-order chi connectivity index (χ1) is 13.0. The van der Waals surface area contributed by atoms with Gasteiger partial charge in [-0.2, -0.15) is 0 Å². The molecule has 0 aromatic heterocycles. The summed E-state index contributed by atoms with van der Waals surface area (Å²) in [6.07, 6.45) is 0. The topological polar surface area (TPSA) is 125 Å². The van der Waals surface area contributed by atoms with E-state index in [0.29, 0.717) is 14.5 Å². The van der Waals surface area contributed by atoms with Crippen molar-refractivity contribution in [3.8, 4) is 5.75 Å². The van der Waals surface area contributed by atoms with Crippen LogP contribution in [-0.2, 0) is 0 Å². The van der Waals surface area contributed by atoms with Crippen LogP contribution in [0.15, 0.2) is 18.2 Å². The molecule has 10 heteroatoms. The van der Waals surface area contributed by atoms with E-state index in [1.807, 2.05) is 0 Å². The summed E-state index contributed by atoms with van der Waals surface area (Å²) in [5.74, 6) is -0.782. The molecule has 0 aliphatic carbocycles. The molecule has 0 saturated carbocycles. The van der Waals surface area contributed by atoms with Crippen LogP contribution in [0.5, 0.6) is 5.75 Å². The third-order valence-corrected chi connectivity index (χ3v) is 7.25. The zero-order valence-electron chi connectivity index (χ0n) is 19.1. The molecule has 1 N–H and O–H groups in total. The Bertz CT molecular complexity index is 880. The Morgan fingerprint density at radius 1 is 0.767 bits per heavy atom. The Kier molecular flexibility index (Phi) is 5.77. The molecule has 160 valence electrons. The first-order valence-corrected chi connectivity index (χ1v) is 9.47. The fraction of sp³-hybridized carbons (Fsp3) is 0.600. The van der Waals surface area contributed by atoms with Crippen LogP contribution < -0.4 is 34.7 Å². The number of hydrogen-bond donors (Lipinski definition) is 1. The molecule has 2 heterocycles. The van der Waals surface area contributed by atoms with Crippen LogP contribution in [0.1, 0.15) is 66.5 Å². The van der Waals surface area contributed by atoms with E-state index in [1.54, 1.807) is 55.4 Å². The average Bonchev–Trinajstić information content (AvgIpc) is 2.78. The molecule has 1 aromatic rings. The first kappa shape index (κ1) is 24.7. The fourth-order valence-electron chi connectivity index (χ4n) is 3.56. The molecular formula is C20H28N4NaO5-. The Morgan fingerprint density at radius 3 is 1.53 bits per heavy atom. The van der Waals surface area contributed by atoms with Gasteiger partial charge in [0.15, 0.2) is 5.54 Å². The van der Waals surface area contributed by atoms with E-state index in [9.17, 15) is 25.9 Å². The van der Waals surface area contributed by atoms with Crippen LogP contribution in [0.4, 0.5) is 0 Å². The smallest absolute Gasteiger partial charge is 0.872 e. The summed E-state index contributed by atoms with van der Waals surface area (Å²) >= 11 is 0. The Balaban J connectivity index is 0.00000320. The minimum Gasteiger partial charge on any atom is -0.872 e. The molecular weight excluding hydrogens is 399 g/mol. The van der Waals surface area contributed by atoms with Gasteiger partial charge in [-0.05, 0) is 61.5 Å². The maximum atomic E-state index is 13.0. The maximum Gasteiger partial charge on any atom is 1.00 e. The van der Waals surface area contributed by atoms with Gasteiger partial charge in [0.1, 0.15) is 16.6 Å². The summed E-state index contributed by atoms with van der Waals surface area (Å²) in [4.78, 5) is 0. The van der Waals surface area contributed by atoms with Gasteiger partial charge in [0.05, 0.1) is 11.1 Å².